The van der Waals surface area contributed by atoms with Gasteiger partial charge in [0.15, 0.2) is 0 Å². The number of nitrogens with zero attached hydrogens (tertiary/aromatic N) is 1. The minimum atomic E-state index is 0.205. The first kappa shape index (κ1) is 15.4. The van der Waals surface area contributed by atoms with Gasteiger partial charge in [0.2, 0.25) is 0 Å². The van der Waals surface area contributed by atoms with Crippen molar-refractivity contribution in [2.75, 3.05) is 18.0 Å². The van der Waals surface area contributed by atoms with Gasteiger partial charge in [-0.05, 0) is 36.8 Å². The third kappa shape index (κ3) is 3.76. The van der Waals surface area contributed by atoms with Gasteiger partial charge in [0, 0.05) is 30.9 Å². The quantitative estimate of drug-likeness (QED) is 0.888. The predicted molar refractivity (Wildman–Crippen MR) is 88.3 cm³/mol. The number of hydrogen-bond acceptors (Lipinski definition) is 2. The van der Waals surface area contributed by atoms with E-state index in [1.807, 2.05) is 0 Å². The molecule has 1 heterocycles. The number of hydrogen-bond donors (Lipinski definition) is 1. The molecule has 1 N–H and O–H groups in total. The van der Waals surface area contributed by atoms with Crippen molar-refractivity contribution in [2.24, 2.45) is 5.41 Å². The van der Waals surface area contributed by atoms with Crippen molar-refractivity contribution >= 4 is 5.69 Å². The molecule has 2 heteroatoms. The third-order valence-corrected chi connectivity index (χ3v) is 4.49. The summed E-state index contributed by atoms with van der Waals surface area (Å²) in [7, 11) is 0. The average molecular weight is 274 g/mol. The molecule has 1 aliphatic heterocycles. The molecular weight excluding hydrogens is 244 g/mol. The lowest BCUT2D eigenvalue weighted by atomic mass is 9.91. The van der Waals surface area contributed by atoms with E-state index in [1.54, 1.807) is 0 Å². The molecule has 1 aromatic carbocycles. The van der Waals surface area contributed by atoms with Crippen LogP contribution in [-0.4, -0.2) is 18.6 Å². The zero-order valence-corrected chi connectivity index (χ0v) is 13.8. The molecule has 0 saturated carbocycles. The van der Waals surface area contributed by atoms with Crippen LogP contribution in [0.5, 0.6) is 0 Å². The second-order valence-corrected chi connectivity index (χ2v) is 7.63. The Morgan fingerprint density at radius 3 is 2.60 bits per heavy atom. The smallest absolute Gasteiger partial charge is 0.0412 e. The van der Waals surface area contributed by atoms with Crippen LogP contribution in [0, 0.1) is 5.41 Å². The van der Waals surface area contributed by atoms with Crippen LogP contribution in [0.4, 0.5) is 5.69 Å². The van der Waals surface area contributed by atoms with Crippen LogP contribution >= 0.6 is 0 Å². The summed E-state index contributed by atoms with van der Waals surface area (Å²) < 4.78 is 0. The van der Waals surface area contributed by atoms with Crippen LogP contribution in [0.2, 0.25) is 0 Å². The highest BCUT2D eigenvalue weighted by atomic mass is 15.2. The van der Waals surface area contributed by atoms with Gasteiger partial charge in [0.05, 0.1) is 0 Å². The number of anilines is 1. The number of rotatable bonds is 3. The first-order valence-corrected chi connectivity index (χ1v) is 7.91. The Hall–Kier alpha value is -1.02. The fourth-order valence-electron chi connectivity index (χ4n) is 2.75. The Morgan fingerprint density at radius 2 is 1.95 bits per heavy atom. The Kier molecular flexibility index (Phi) is 4.43. The van der Waals surface area contributed by atoms with Gasteiger partial charge >= 0.3 is 0 Å². The minimum absolute atomic E-state index is 0.205. The summed E-state index contributed by atoms with van der Waals surface area (Å²) in [5.41, 5.74) is 3.44. The first-order chi connectivity index (χ1) is 9.33. The highest BCUT2D eigenvalue weighted by Gasteiger charge is 2.29. The molecule has 0 aliphatic carbocycles. The summed E-state index contributed by atoms with van der Waals surface area (Å²) in [6.07, 6.45) is 2.38. The van der Waals surface area contributed by atoms with Gasteiger partial charge < -0.3 is 10.2 Å². The maximum atomic E-state index is 3.75. The standard InChI is InChI=1S/C18H30N2/c1-6-18(5)14-20(12-11-17(2,3)4)16-10-8-7-9-15(16)13-19-18/h7-10,19H,6,11-14H2,1-5H3. The molecule has 0 aromatic heterocycles. The van der Waals surface area contributed by atoms with E-state index in [-0.39, 0.29) is 5.54 Å². The Labute approximate surface area is 124 Å². The molecule has 1 aliphatic rings. The summed E-state index contributed by atoms with van der Waals surface area (Å²) in [6, 6.07) is 8.85. The van der Waals surface area contributed by atoms with Gasteiger partial charge in [-0.25, -0.2) is 0 Å². The summed E-state index contributed by atoms with van der Waals surface area (Å²) in [4.78, 5) is 2.59. The number of nitrogens with one attached hydrogen (secondary N) is 1. The summed E-state index contributed by atoms with van der Waals surface area (Å²) >= 11 is 0. The number of benzene rings is 1. The topological polar surface area (TPSA) is 15.3 Å². The van der Waals surface area contributed by atoms with Crippen molar-refractivity contribution in [1.29, 1.82) is 0 Å². The molecule has 0 amide bonds. The third-order valence-electron chi connectivity index (χ3n) is 4.49. The first-order valence-electron chi connectivity index (χ1n) is 7.91. The van der Waals surface area contributed by atoms with E-state index in [4.69, 9.17) is 0 Å². The van der Waals surface area contributed by atoms with Gasteiger partial charge in [-0.3, -0.25) is 0 Å². The van der Waals surface area contributed by atoms with Gasteiger partial charge in [-0.1, -0.05) is 45.9 Å². The molecule has 2 rings (SSSR count). The predicted octanol–water partition coefficient (Wildman–Crippen LogP) is 4.20. The molecule has 1 aromatic rings. The van der Waals surface area contributed by atoms with Gasteiger partial charge in [-0.15, -0.1) is 0 Å². The lowest BCUT2D eigenvalue weighted by Crippen LogP contribution is -2.49. The minimum Gasteiger partial charge on any atom is -0.369 e. The van der Waals surface area contributed by atoms with Gasteiger partial charge in [0.1, 0.15) is 0 Å². The van der Waals surface area contributed by atoms with E-state index < -0.39 is 0 Å². The highest BCUT2D eigenvalue weighted by molar-refractivity contribution is 5.55. The van der Waals surface area contributed by atoms with E-state index in [9.17, 15) is 0 Å². The second kappa shape index (κ2) is 5.77. The Morgan fingerprint density at radius 1 is 1.25 bits per heavy atom. The summed E-state index contributed by atoms with van der Waals surface area (Å²) in [5, 5.41) is 3.75. The van der Waals surface area contributed by atoms with Crippen molar-refractivity contribution in [3.8, 4) is 0 Å². The van der Waals surface area contributed by atoms with Crippen LogP contribution in [-0.2, 0) is 6.54 Å². The van der Waals surface area contributed by atoms with Crippen molar-refractivity contribution in [2.45, 2.75) is 59.5 Å². The van der Waals surface area contributed by atoms with Crippen molar-refractivity contribution < 1.29 is 0 Å². The summed E-state index contributed by atoms with van der Waals surface area (Å²) in [6.45, 7) is 14.8. The van der Waals surface area contributed by atoms with E-state index in [1.165, 1.54) is 17.7 Å². The SMILES string of the molecule is CCC1(C)CN(CCC(C)(C)C)c2ccccc2CN1. The highest BCUT2D eigenvalue weighted by Crippen LogP contribution is 2.29. The zero-order chi connectivity index (χ0) is 14.8. The molecule has 0 fully saturated rings. The normalized spacial score (nSPS) is 23.4. The second-order valence-electron chi connectivity index (χ2n) is 7.63. The number of para-hydroxylation sites is 1. The van der Waals surface area contributed by atoms with Crippen LogP contribution < -0.4 is 10.2 Å². The van der Waals surface area contributed by atoms with Crippen LogP contribution in [0.25, 0.3) is 0 Å². The van der Waals surface area contributed by atoms with Gasteiger partial charge in [0.25, 0.3) is 0 Å². The molecular formula is C18H30N2. The largest absolute Gasteiger partial charge is 0.369 e. The van der Waals surface area contributed by atoms with Crippen molar-refractivity contribution in [3.05, 3.63) is 29.8 Å². The molecule has 20 heavy (non-hydrogen) atoms. The lowest BCUT2D eigenvalue weighted by Gasteiger charge is -2.35. The van der Waals surface area contributed by atoms with E-state index in [0.717, 1.165) is 26.1 Å². The zero-order valence-electron chi connectivity index (χ0n) is 13.8. The van der Waals surface area contributed by atoms with Crippen LogP contribution in [0.15, 0.2) is 24.3 Å². The van der Waals surface area contributed by atoms with Crippen LogP contribution in [0.3, 0.4) is 0 Å². The molecule has 0 saturated heterocycles. The van der Waals surface area contributed by atoms with E-state index in [0.29, 0.717) is 5.41 Å². The molecule has 0 bridgehead atoms. The van der Waals surface area contributed by atoms with E-state index >= 15 is 0 Å². The Bertz CT molecular complexity index is 447. The molecule has 2 nitrogen and oxygen atoms in total. The maximum absolute atomic E-state index is 3.75. The number of fused-ring (bicyclic) bond motifs is 1. The molecule has 112 valence electrons. The van der Waals surface area contributed by atoms with Gasteiger partial charge in [-0.2, -0.15) is 0 Å². The molecule has 1 atom stereocenters. The average Bonchev–Trinajstić information content (AvgIpc) is 2.54. The summed E-state index contributed by atoms with van der Waals surface area (Å²) in [5.74, 6) is 0. The van der Waals surface area contributed by atoms with Crippen LogP contribution in [0.1, 0.15) is 53.0 Å². The van der Waals surface area contributed by atoms with E-state index in [2.05, 4.69) is 69.1 Å². The molecule has 1 unspecified atom stereocenters. The molecule has 0 radical (unpaired) electrons. The Balaban J connectivity index is 2.24. The maximum Gasteiger partial charge on any atom is 0.0412 e. The fraction of sp³-hybridized carbons (Fsp3) is 0.667. The fourth-order valence-corrected chi connectivity index (χ4v) is 2.75. The van der Waals surface area contributed by atoms with Crippen molar-refractivity contribution in [3.63, 3.8) is 0 Å². The van der Waals surface area contributed by atoms with Crippen molar-refractivity contribution in [1.82, 2.24) is 5.32 Å². The lowest BCUT2D eigenvalue weighted by molar-refractivity contribution is 0.334. The molecule has 0 spiro atoms. The monoisotopic (exact) mass is 274 g/mol.